The van der Waals surface area contributed by atoms with E-state index in [4.69, 9.17) is 0 Å². The van der Waals surface area contributed by atoms with Gasteiger partial charge in [0.15, 0.2) is 0 Å². The Bertz CT molecular complexity index is 4620. The van der Waals surface area contributed by atoms with Crippen LogP contribution in [0.1, 0.15) is 52.7 Å². The van der Waals surface area contributed by atoms with Crippen molar-refractivity contribution in [2.24, 2.45) is 0 Å². The maximum absolute atomic E-state index is 2.65. The number of rotatable bonds is 2. The molecule has 0 aliphatic carbocycles. The van der Waals surface area contributed by atoms with Crippen LogP contribution in [0.4, 0.5) is 0 Å². The SMILES string of the molecule is CC(C)(C)c1cc(-c2ccc3c(c2)c2ccccc2n3-c2ccccc2)c2c(c1)c1cc(C(C)(C)C)cc3c4cc5c(cc4n2c31)c1cc2ccccc2c2c3c4ccccc4ccc3n5c12. The highest BCUT2D eigenvalue weighted by Gasteiger charge is 2.29. The first-order valence-corrected chi connectivity index (χ1v) is 23.8. The molecule has 0 bridgehead atoms. The van der Waals surface area contributed by atoms with Gasteiger partial charge in [-0.3, -0.25) is 0 Å². The lowest BCUT2D eigenvalue weighted by Gasteiger charge is -2.22. The Morgan fingerprint density at radius 3 is 1.58 bits per heavy atom. The average Bonchev–Trinajstić information content (AvgIpc) is 4.12. The van der Waals surface area contributed by atoms with E-state index in [1.54, 1.807) is 0 Å². The molecule has 0 radical (unpaired) electrons. The van der Waals surface area contributed by atoms with E-state index in [9.17, 15) is 0 Å². The Kier molecular flexibility index (Phi) is 6.97. The summed E-state index contributed by atoms with van der Waals surface area (Å²) in [6.07, 6.45) is 0. The molecule has 3 nitrogen and oxygen atoms in total. The topological polar surface area (TPSA) is 13.8 Å². The number of benzene rings is 10. The molecule has 0 saturated heterocycles. The Balaban J connectivity index is 1.13. The van der Waals surface area contributed by atoms with Crippen molar-refractivity contribution < 1.29 is 0 Å². The average molecular weight is 858 g/mol. The summed E-state index contributed by atoms with van der Waals surface area (Å²) >= 11 is 0. The molecule has 0 amide bonds. The minimum atomic E-state index is -0.0683. The molecular formula is C64H47N3. The Morgan fingerprint density at radius 1 is 0.313 bits per heavy atom. The maximum atomic E-state index is 2.65. The lowest BCUT2D eigenvalue weighted by Crippen LogP contribution is -2.11. The summed E-state index contributed by atoms with van der Waals surface area (Å²) in [6.45, 7) is 14.2. The number of para-hydroxylation sites is 2. The van der Waals surface area contributed by atoms with Crippen LogP contribution in [0.3, 0.4) is 0 Å². The number of aromatic nitrogens is 3. The molecule has 5 heterocycles. The summed E-state index contributed by atoms with van der Waals surface area (Å²) in [6, 6.07) is 67.1. The molecule has 0 unspecified atom stereocenters. The molecule has 0 aliphatic rings. The van der Waals surface area contributed by atoms with E-state index in [0.29, 0.717) is 0 Å². The van der Waals surface area contributed by atoms with Gasteiger partial charge in [0.25, 0.3) is 0 Å². The van der Waals surface area contributed by atoms with Crippen molar-refractivity contribution in [3.63, 3.8) is 0 Å². The molecular weight excluding hydrogens is 811 g/mol. The van der Waals surface area contributed by atoms with Crippen LogP contribution in [0.15, 0.2) is 176 Å². The summed E-state index contributed by atoms with van der Waals surface area (Å²) in [4.78, 5) is 0. The molecule has 0 spiro atoms. The first-order valence-electron chi connectivity index (χ1n) is 23.8. The first kappa shape index (κ1) is 37.4. The van der Waals surface area contributed by atoms with Crippen LogP contribution < -0.4 is 0 Å². The molecule has 0 saturated carbocycles. The van der Waals surface area contributed by atoms with Crippen molar-refractivity contribution in [3.05, 3.63) is 187 Å². The molecule has 0 fully saturated rings. The number of hydrogen-bond donors (Lipinski definition) is 0. The van der Waals surface area contributed by atoms with Crippen LogP contribution in [0, 0.1) is 0 Å². The summed E-state index contributed by atoms with van der Waals surface area (Å²) in [5, 5.41) is 18.3. The van der Waals surface area contributed by atoms with Gasteiger partial charge in [-0.1, -0.05) is 139 Å². The second kappa shape index (κ2) is 12.5. The maximum Gasteiger partial charge on any atom is 0.0627 e. The van der Waals surface area contributed by atoms with E-state index in [0.717, 1.165) is 0 Å². The fraction of sp³-hybridized carbons (Fsp3) is 0.125. The molecule has 5 aromatic heterocycles. The summed E-state index contributed by atoms with van der Waals surface area (Å²) in [5.74, 6) is 0. The molecule has 10 aromatic carbocycles. The summed E-state index contributed by atoms with van der Waals surface area (Å²) in [7, 11) is 0. The molecule has 15 rings (SSSR count). The third kappa shape index (κ3) is 4.81. The fourth-order valence-electron chi connectivity index (χ4n) is 12.3. The van der Waals surface area contributed by atoms with Gasteiger partial charge in [0, 0.05) is 65.1 Å². The van der Waals surface area contributed by atoms with E-state index >= 15 is 0 Å². The summed E-state index contributed by atoms with van der Waals surface area (Å²) < 4.78 is 7.66. The fourth-order valence-corrected chi connectivity index (χ4v) is 12.3. The molecule has 67 heavy (non-hydrogen) atoms. The molecule has 0 aliphatic heterocycles. The van der Waals surface area contributed by atoms with Crippen LogP contribution >= 0.6 is 0 Å². The van der Waals surface area contributed by atoms with E-state index in [1.807, 2.05) is 0 Å². The van der Waals surface area contributed by atoms with Gasteiger partial charge in [-0.25, -0.2) is 0 Å². The predicted octanol–water partition coefficient (Wildman–Crippen LogP) is 17.7. The normalized spacial score (nSPS) is 13.2. The van der Waals surface area contributed by atoms with E-state index in [2.05, 4.69) is 231 Å². The van der Waals surface area contributed by atoms with Gasteiger partial charge in [0.1, 0.15) is 0 Å². The van der Waals surface area contributed by atoms with Gasteiger partial charge >= 0.3 is 0 Å². The van der Waals surface area contributed by atoms with Crippen molar-refractivity contribution in [1.29, 1.82) is 0 Å². The molecule has 0 N–H and O–H groups in total. The number of nitrogens with zero attached hydrogens (tertiary/aromatic N) is 3. The lowest BCUT2D eigenvalue weighted by atomic mass is 9.83. The van der Waals surface area contributed by atoms with Crippen LogP contribution in [0.2, 0.25) is 0 Å². The van der Waals surface area contributed by atoms with Crippen molar-refractivity contribution >= 4 is 120 Å². The minimum Gasteiger partial charge on any atom is -0.309 e. The monoisotopic (exact) mass is 857 g/mol. The van der Waals surface area contributed by atoms with Gasteiger partial charge in [-0.2, -0.15) is 0 Å². The smallest absolute Gasteiger partial charge is 0.0627 e. The third-order valence-electron chi connectivity index (χ3n) is 15.5. The highest BCUT2D eigenvalue weighted by molar-refractivity contribution is 6.37. The largest absolute Gasteiger partial charge is 0.309 e. The second-order valence-electron chi connectivity index (χ2n) is 21.4. The van der Waals surface area contributed by atoms with E-state index < -0.39 is 0 Å². The zero-order valence-electron chi connectivity index (χ0n) is 38.6. The van der Waals surface area contributed by atoms with Gasteiger partial charge in [0.05, 0.1) is 44.1 Å². The van der Waals surface area contributed by atoms with Crippen molar-refractivity contribution in [1.82, 2.24) is 13.4 Å². The van der Waals surface area contributed by atoms with Crippen LogP contribution in [-0.2, 0) is 10.8 Å². The van der Waals surface area contributed by atoms with Crippen LogP contribution in [0.5, 0.6) is 0 Å². The Hall–Kier alpha value is -7.88. The molecule has 0 atom stereocenters. The van der Waals surface area contributed by atoms with Gasteiger partial charge in [-0.15, -0.1) is 0 Å². The molecule has 318 valence electrons. The van der Waals surface area contributed by atoms with Crippen molar-refractivity contribution in [2.45, 2.75) is 52.4 Å². The first-order chi connectivity index (χ1) is 32.5. The highest BCUT2D eigenvalue weighted by atomic mass is 15.0. The standard InChI is InChI=1S/C64H47N3/c1-63(2,3)39-30-45(38-25-26-54-46(28-38)44-22-14-15-23-53(44)65(54)41-18-8-7-9-19-41)60-51(32-39)52-33-40(64(4,5)6)31-50-48-34-56-47(35-57(48)67(60)61(50)52)49-29-37-17-11-13-21-43(37)59-58-42-20-12-10-16-36(42)24-27-55(58)66(56)62(49)59/h7-35H,1-6H3. The van der Waals surface area contributed by atoms with Crippen LogP contribution in [-0.4, -0.2) is 13.4 Å². The third-order valence-corrected chi connectivity index (χ3v) is 15.5. The van der Waals surface area contributed by atoms with Crippen molar-refractivity contribution in [2.75, 3.05) is 0 Å². The number of hydrogen-bond acceptors (Lipinski definition) is 0. The number of fused-ring (bicyclic) bond motifs is 19. The van der Waals surface area contributed by atoms with Gasteiger partial charge in [0.2, 0.25) is 0 Å². The lowest BCUT2D eigenvalue weighted by molar-refractivity contribution is 0.591. The molecule has 15 aromatic rings. The zero-order chi connectivity index (χ0) is 44.8. The summed E-state index contributed by atoms with van der Waals surface area (Å²) in [5.41, 5.74) is 16.4. The quantitative estimate of drug-likeness (QED) is 0.164. The zero-order valence-corrected chi connectivity index (χ0v) is 38.6. The second-order valence-corrected chi connectivity index (χ2v) is 21.4. The predicted molar refractivity (Wildman–Crippen MR) is 288 cm³/mol. The van der Waals surface area contributed by atoms with Crippen LogP contribution in [0.25, 0.3) is 136 Å². The Labute approximate surface area is 387 Å². The van der Waals surface area contributed by atoms with E-state index in [1.165, 1.54) is 147 Å². The van der Waals surface area contributed by atoms with Gasteiger partial charge in [-0.05, 0) is 128 Å². The van der Waals surface area contributed by atoms with E-state index in [-0.39, 0.29) is 10.8 Å². The minimum absolute atomic E-state index is 0.0543. The Morgan fingerprint density at radius 2 is 0.851 bits per heavy atom. The van der Waals surface area contributed by atoms with Crippen molar-refractivity contribution in [3.8, 4) is 16.8 Å². The van der Waals surface area contributed by atoms with Gasteiger partial charge < -0.3 is 13.4 Å². The highest BCUT2D eigenvalue weighted by Crippen LogP contribution is 2.50. The molecule has 3 heteroatoms.